The topological polar surface area (TPSA) is 61.4 Å². The van der Waals surface area contributed by atoms with E-state index in [0.717, 1.165) is 48.8 Å². The van der Waals surface area contributed by atoms with Gasteiger partial charge in [-0.1, -0.05) is 43.3 Å². The molecule has 5 heteroatoms. The Morgan fingerprint density at radius 1 is 0.900 bits per heavy atom. The van der Waals surface area contributed by atoms with E-state index in [1.807, 2.05) is 61.5 Å². The van der Waals surface area contributed by atoms with Crippen LogP contribution in [-0.2, 0) is 0 Å². The molecule has 1 aliphatic rings. The van der Waals surface area contributed by atoms with Gasteiger partial charge in [-0.15, -0.1) is 0 Å². The average molecular weight is 402 g/mol. The molecule has 5 nitrogen and oxygen atoms in total. The first-order valence-corrected chi connectivity index (χ1v) is 10.6. The molecule has 154 valence electrons. The number of nitrogens with zero attached hydrogens (tertiary/aromatic N) is 1. The second-order valence-corrected chi connectivity index (χ2v) is 7.66. The largest absolute Gasteiger partial charge is 0.371 e. The number of rotatable bonds is 6. The second-order valence-electron chi connectivity index (χ2n) is 7.66. The van der Waals surface area contributed by atoms with Gasteiger partial charge in [-0.3, -0.25) is 9.59 Å². The third kappa shape index (κ3) is 4.15. The molecule has 30 heavy (non-hydrogen) atoms. The van der Waals surface area contributed by atoms with Gasteiger partial charge in [0.05, 0.1) is 5.56 Å². The molecule has 0 bridgehead atoms. The standard InChI is InChI=1S/C25H27N3O2/c1-2-14-26-24(29)22-17-19(12-13-23(22)28-15-5-6-16-28)27-25(30)21-11-7-9-18-8-3-4-10-20(18)21/h3-4,7-13,17H,2,5-6,14-16H2,1H3,(H,26,29)(H,27,30). The Morgan fingerprint density at radius 2 is 1.67 bits per heavy atom. The molecule has 2 amide bonds. The van der Waals surface area contributed by atoms with Gasteiger partial charge in [-0.05, 0) is 54.3 Å². The van der Waals surface area contributed by atoms with Crippen LogP contribution in [0.4, 0.5) is 11.4 Å². The predicted molar refractivity (Wildman–Crippen MR) is 122 cm³/mol. The van der Waals surface area contributed by atoms with Crippen LogP contribution in [0.15, 0.2) is 60.7 Å². The number of nitrogens with one attached hydrogen (secondary N) is 2. The van der Waals surface area contributed by atoms with E-state index in [9.17, 15) is 9.59 Å². The molecular weight excluding hydrogens is 374 g/mol. The smallest absolute Gasteiger partial charge is 0.256 e. The first-order valence-electron chi connectivity index (χ1n) is 10.6. The monoisotopic (exact) mass is 401 g/mol. The van der Waals surface area contributed by atoms with Crippen molar-refractivity contribution in [3.8, 4) is 0 Å². The number of hydrogen-bond acceptors (Lipinski definition) is 3. The van der Waals surface area contributed by atoms with E-state index in [1.165, 1.54) is 0 Å². The molecule has 3 aromatic carbocycles. The van der Waals surface area contributed by atoms with Gasteiger partial charge < -0.3 is 15.5 Å². The summed E-state index contributed by atoms with van der Waals surface area (Å²) >= 11 is 0. The van der Waals surface area contributed by atoms with Crippen LogP contribution in [-0.4, -0.2) is 31.4 Å². The summed E-state index contributed by atoms with van der Waals surface area (Å²) in [6.07, 6.45) is 3.15. The van der Waals surface area contributed by atoms with Crippen LogP contribution in [0.1, 0.15) is 46.9 Å². The number of amides is 2. The van der Waals surface area contributed by atoms with Crippen LogP contribution in [0.2, 0.25) is 0 Å². The lowest BCUT2D eigenvalue weighted by Gasteiger charge is -2.22. The van der Waals surface area contributed by atoms with Gasteiger partial charge in [0.25, 0.3) is 11.8 Å². The van der Waals surface area contributed by atoms with Gasteiger partial charge in [0.1, 0.15) is 0 Å². The Balaban J connectivity index is 1.63. The summed E-state index contributed by atoms with van der Waals surface area (Å²) in [7, 11) is 0. The van der Waals surface area contributed by atoms with Gasteiger partial charge in [0.15, 0.2) is 0 Å². The lowest BCUT2D eigenvalue weighted by atomic mass is 10.0. The fourth-order valence-corrected chi connectivity index (χ4v) is 3.99. The van der Waals surface area contributed by atoms with Gasteiger partial charge in [-0.2, -0.15) is 0 Å². The summed E-state index contributed by atoms with van der Waals surface area (Å²) in [6.45, 7) is 4.57. The highest BCUT2D eigenvalue weighted by Crippen LogP contribution is 2.28. The van der Waals surface area contributed by atoms with E-state index < -0.39 is 0 Å². The third-order valence-electron chi connectivity index (χ3n) is 5.52. The molecule has 4 rings (SSSR count). The number of anilines is 2. The quantitative estimate of drug-likeness (QED) is 0.622. The van der Waals surface area contributed by atoms with Crippen molar-refractivity contribution in [3.63, 3.8) is 0 Å². The molecule has 3 aromatic rings. The van der Waals surface area contributed by atoms with Crippen LogP contribution in [0.25, 0.3) is 10.8 Å². The summed E-state index contributed by atoms with van der Waals surface area (Å²) < 4.78 is 0. The predicted octanol–water partition coefficient (Wildman–Crippen LogP) is 4.83. The molecule has 1 heterocycles. The minimum atomic E-state index is -0.180. The molecule has 0 spiro atoms. The zero-order valence-corrected chi connectivity index (χ0v) is 17.3. The molecule has 0 aromatic heterocycles. The molecule has 1 aliphatic heterocycles. The number of fused-ring (bicyclic) bond motifs is 1. The average Bonchev–Trinajstić information content (AvgIpc) is 3.31. The van der Waals surface area contributed by atoms with Gasteiger partial charge in [-0.25, -0.2) is 0 Å². The van der Waals surface area contributed by atoms with Gasteiger partial charge >= 0.3 is 0 Å². The van der Waals surface area contributed by atoms with E-state index >= 15 is 0 Å². The Bertz CT molecular complexity index is 1070. The summed E-state index contributed by atoms with van der Waals surface area (Å²) in [5.41, 5.74) is 2.79. The highest BCUT2D eigenvalue weighted by atomic mass is 16.2. The SMILES string of the molecule is CCCNC(=O)c1cc(NC(=O)c2cccc3ccccc23)ccc1N1CCCC1. The van der Waals surface area contributed by atoms with Crippen molar-refractivity contribution in [2.24, 2.45) is 0 Å². The van der Waals surface area contributed by atoms with Crippen LogP contribution in [0, 0.1) is 0 Å². The molecule has 0 atom stereocenters. The summed E-state index contributed by atoms with van der Waals surface area (Å²) in [5.74, 6) is -0.277. The number of carbonyl (C=O) groups excluding carboxylic acids is 2. The zero-order chi connectivity index (χ0) is 20.9. The van der Waals surface area contributed by atoms with Crippen molar-refractivity contribution in [2.45, 2.75) is 26.2 Å². The van der Waals surface area contributed by atoms with Crippen molar-refractivity contribution in [3.05, 3.63) is 71.8 Å². The minimum absolute atomic E-state index is 0.0972. The normalized spacial score (nSPS) is 13.4. The van der Waals surface area contributed by atoms with Crippen LogP contribution in [0.3, 0.4) is 0 Å². The highest BCUT2D eigenvalue weighted by molar-refractivity contribution is 6.13. The summed E-state index contributed by atoms with van der Waals surface area (Å²) in [4.78, 5) is 28.1. The van der Waals surface area contributed by atoms with Crippen molar-refractivity contribution >= 4 is 34.0 Å². The number of benzene rings is 3. The van der Waals surface area contributed by atoms with Crippen LogP contribution < -0.4 is 15.5 Å². The van der Waals surface area contributed by atoms with Gasteiger partial charge in [0, 0.05) is 36.6 Å². The van der Waals surface area contributed by atoms with E-state index in [4.69, 9.17) is 0 Å². The fourth-order valence-electron chi connectivity index (χ4n) is 3.99. The van der Waals surface area contributed by atoms with Crippen LogP contribution in [0.5, 0.6) is 0 Å². The van der Waals surface area contributed by atoms with Crippen LogP contribution >= 0.6 is 0 Å². The van der Waals surface area contributed by atoms with E-state index in [2.05, 4.69) is 15.5 Å². The Morgan fingerprint density at radius 3 is 2.47 bits per heavy atom. The molecule has 0 saturated carbocycles. The summed E-state index contributed by atoms with van der Waals surface area (Å²) in [6, 6.07) is 19.2. The molecule has 1 fully saturated rings. The Kier molecular flexibility index (Phi) is 5.98. The maximum absolute atomic E-state index is 13.0. The minimum Gasteiger partial charge on any atom is -0.371 e. The summed E-state index contributed by atoms with van der Waals surface area (Å²) in [5, 5.41) is 7.88. The van der Waals surface area contributed by atoms with Crippen molar-refractivity contribution < 1.29 is 9.59 Å². The molecule has 2 N–H and O–H groups in total. The molecular formula is C25H27N3O2. The molecule has 1 saturated heterocycles. The maximum Gasteiger partial charge on any atom is 0.256 e. The van der Waals surface area contributed by atoms with E-state index in [-0.39, 0.29) is 11.8 Å². The first-order chi connectivity index (χ1) is 14.7. The molecule has 0 unspecified atom stereocenters. The fraction of sp³-hybridized carbons (Fsp3) is 0.280. The van der Waals surface area contributed by atoms with Gasteiger partial charge in [0.2, 0.25) is 0 Å². The van der Waals surface area contributed by atoms with Crippen molar-refractivity contribution in [2.75, 3.05) is 29.9 Å². The number of carbonyl (C=O) groups is 2. The first kappa shape index (κ1) is 20.0. The Labute approximate surface area is 177 Å². The highest BCUT2D eigenvalue weighted by Gasteiger charge is 2.20. The van der Waals surface area contributed by atoms with Crippen molar-refractivity contribution in [1.82, 2.24) is 5.32 Å². The lowest BCUT2D eigenvalue weighted by Crippen LogP contribution is -2.28. The zero-order valence-electron chi connectivity index (χ0n) is 17.3. The number of hydrogen-bond donors (Lipinski definition) is 2. The lowest BCUT2D eigenvalue weighted by molar-refractivity contribution is 0.0952. The molecule has 0 radical (unpaired) electrons. The second kappa shape index (κ2) is 8.99. The molecule has 0 aliphatic carbocycles. The van der Waals surface area contributed by atoms with Crippen molar-refractivity contribution in [1.29, 1.82) is 0 Å². The van der Waals surface area contributed by atoms with E-state index in [0.29, 0.717) is 23.4 Å². The Hall–Kier alpha value is -3.34. The van der Waals surface area contributed by atoms with E-state index in [1.54, 1.807) is 6.07 Å². The maximum atomic E-state index is 13.0. The third-order valence-corrected chi connectivity index (χ3v) is 5.52.